The lowest BCUT2D eigenvalue weighted by molar-refractivity contribution is 0.281. The molecular formula is C11H20ClN. The fourth-order valence-corrected chi connectivity index (χ4v) is 1.61. The van der Waals surface area contributed by atoms with Crippen LogP contribution in [0, 0.1) is 0 Å². The Labute approximate surface area is 86.8 Å². The van der Waals surface area contributed by atoms with Gasteiger partial charge in [-0.1, -0.05) is 19.9 Å². The minimum Gasteiger partial charge on any atom is -0.296 e. The summed E-state index contributed by atoms with van der Waals surface area (Å²) < 4.78 is 0. The van der Waals surface area contributed by atoms with Crippen LogP contribution in [0.25, 0.3) is 0 Å². The minimum absolute atomic E-state index is 0.606. The van der Waals surface area contributed by atoms with Crippen LogP contribution in [0.5, 0.6) is 0 Å². The highest BCUT2D eigenvalue weighted by molar-refractivity contribution is 6.19. The van der Waals surface area contributed by atoms with Crippen molar-refractivity contribution >= 4 is 11.6 Å². The van der Waals surface area contributed by atoms with Crippen molar-refractivity contribution in [3.63, 3.8) is 0 Å². The highest BCUT2D eigenvalue weighted by atomic mass is 35.5. The Balaban J connectivity index is 2.24. The second kappa shape index (κ2) is 5.66. The molecule has 0 aromatic carbocycles. The second-order valence-corrected chi connectivity index (χ2v) is 4.21. The summed E-state index contributed by atoms with van der Waals surface area (Å²) in [6.45, 7) is 8.42. The summed E-state index contributed by atoms with van der Waals surface area (Å²) in [6, 6.07) is 0.839. The molecule has 0 radical (unpaired) electrons. The number of hydrogen-bond donors (Lipinski definition) is 0. The smallest absolute Gasteiger partial charge is 0.0443 e. The fraction of sp³-hybridized carbons (Fsp3) is 0.818. The molecule has 0 saturated heterocycles. The molecule has 0 atom stereocenters. The standard InChI is InChI=1S/C11H20ClN/c1-3-4-7-13(11-5-6-11)9-10(2)8-12/h11H,2-9H2,1H3. The van der Waals surface area contributed by atoms with Gasteiger partial charge >= 0.3 is 0 Å². The van der Waals surface area contributed by atoms with E-state index in [1.807, 2.05) is 0 Å². The van der Waals surface area contributed by atoms with Crippen molar-refractivity contribution in [2.24, 2.45) is 0 Å². The van der Waals surface area contributed by atoms with Gasteiger partial charge in [-0.2, -0.15) is 0 Å². The van der Waals surface area contributed by atoms with E-state index in [4.69, 9.17) is 11.6 Å². The van der Waals surface area contributed by atoms with Gasteiger partial charge in [0.1, 0.15) is 0 Å². The van der Waals surface area contributed by atoms with Gasteiger partial charge in [-0.25, -0.2) is 0 Å². The van der Waals surface area contributed by atoms with E-state index in [0.29, 0.717) is 5.88 Å². The van der Waals surface area contributed by atoms with Crippen LogP contribution >= 0.6 is 11.6 Å². The lowest BCUT2D eigenvalue weighted by Crippen LogP contribution is -2.29. The molecule has 0 aliphatic heterocycles. The zero-order valence-corrected chi connectivity index (χ0v) is 9.32. The van der Waals surface area contributed by atoms with E-state index in [-0.39, 0.29) is 0 Å². The average molecular weight is 202 g/mol. The van der Waals surface area contributed by atoms with E-state index < -0.39 is 0 Å². The molecule has 76 valence electrons. The molecule has 0 N–H and O–H groups in total. The molecule has 2 heteroatoms. The summed E-state index contributed by atoms with van der Waals surface area (Å²) in [6.07, 6.45) is 5.32. The van der Waals surface area contributed by atoms with E-state index in [1.54, 1.807) is 0 Å². The summed E-state index contributed by atoms with van der Waals surface area (Å²) in [7, 11) is 0. The molecule has 0 bridgehead atoms. The van der Waals surface area contributed by atoms with Crippen LogP contribution < -0.4 is 0 Å². The molecule has 1 aliphatic rings. The quantitative estimate of drug-likeness (QED) is 0.452. The van der Waals surface area contributed by atoms with Gasteiger partial charge in [0.05, 0.1) is 0 Å². The van der Waals surface area contributed by atoms with Gasteiger partial charge in [-0.3, -0.25) is 4.90 Å². The Kier molecular flexibility index (Phi) is 4.82. The van der Waals surface area contributed by atoms with E-state index in [0.717, 1.165) is 18.2 Å². The summed E-state index contributed by atoms with van der Waals surface area (Å²) >= 11 is 5.73. The predicted molar refractivity (Wildman–Crippen MR) is 59.4 cm³/mol. The average Bonchev–Trinajstić information content (AvgIpc) is 2.94. The molecule has 0 amide bonds. The predicted octanol–water partition coefficient (Wildman–Crippen LogP) is 3.05. The summed E-state index contributed by atoms with van der Waals surface area (Å²) in [5, 5.41) is 0. The Morgan fingerprint density at radius 2 is 2.23 bits per heavy atom. The summed E-state index contributed by atoms with van der Waals surface area (Å²) in [4.78, 5) is 2.54. The monoisotopic (exact) mass is 201 g/mol. The highest BCUT2D eigenvalue weighted by Crippen LogP contribution is 2.27. The lowest BCUT2D eigenvalue weighted by Gasteiger charge is -2.22. The van der Waals surface area contributed by atoms with Gasteiger partial charge in [0.15, 0.2) is 0 Å². The fourth-order valence-electron chi connectivity index (χ4n) is 1.52. The summed E-state index contributed by atoms with van der Waals surface area (Å²) in [5.74, 6) is 0.606. The van der Waals surface area contributed by atoms with Crippen molar-refractivity contribution in [2.45, 2.75) is 38.6 Å². The molecule has 0 spiro atoms. The third-order valence-electron chi connectivity index (χ3n) is 2.48. The van der Waals surface area contributed by atoms with Gasteiger partial charge in [0.25, 0.3) is 0 Å². The molecule has 1 nitrogen and oxygen atoms in total. The van der Waals surface area contributed by atoms with Gasteiger partial charge in [-0.05, 0) is 31.4 Å². The first-order valence-corrected chi connectivity index (χ1v) is 5.78. The zero-order chi connectivity index (χ0) is 9.68. The number of alkyl halides is 1. The van der Waals surface area contributed by atoms with Gasteiger partial charge in [-0.15, -0.1) is 11.6 Å². The molecular weight excluding hydrogens is 182 g/mol. The summed E-state index contributed by atoms with van der Waals surface area (Å²) in [5.41, 5.74) is 1.16. The van der Waals surface area contributed by atoms with E-state index in [1.165, 1.54) is 32.2 Å². The normalized spacial score (nSPS) is 16.5. The molecule has 0 aromatic rings. The van der Waals surface area contributed by atoms with Crippen LogP contribution in [-0.2, 0) is 0 Å². The maximum atomic E-state index is 5.73. The first-order chi connectivity index (χ1) is 6.27. The van der Waals surface area contributed by atoms with Gasteiger partial charge < -0.3 is 0 Å². The Bertz CT molecular complexity index is 163. The molecule has 0 unspecified atom stereocenters. The molecule has 13 heavy (non-hydrogen) atoms. The van der Waals surface area contributed by atoms with Gasteiger partial charge in [0.2, 0.25) is 0 Å². The number of hydrogen-bond acceptors (Lipinski definition) is 1. The topological polar surface area (TPSA) is 3.24 Å². The van der Waals surface area contributed by atoms with Gasteiger partial charge in [0, 0.05) is 18.5 Å². The Morgan fingerprint density at radius 1 is 1.54 bits per heavy atom. The zero-order valence-electron chi connectivity index (χ0n) is 8.56. The molecule has 0 aromatic heterocycles. The molecule has 1 aliphatic carbocycles. The van der Waals surface area contributed by atoms with Crippen molar-refractivity contribution in [1.29, 1.82) is 0 Å². The number of nitrogens with zero attached hydrogens (tertiary/aromatic N) is 1. The van der Waals surface area contributed by atoms with E-state index >= 15 is 0 Å². The SMILES string of the molecule is C=C(CCl)CN(CCCC)C1CC1. The first kappa shape index (κ1) is 11.1. The van der Waals surface area contributed by atoms with Crippen molar-refractivity contribution in [1.82, 2.24) is 4.90 Å². The van der Waals surface area contributed by atoms with Crippen LogP contribution in [0.1, 0.15) is 32.6 Å². The number of halogens is 1. The van der Waals surface area contributed by atoms with Crippen molar-refractivity contribution in [3.05, 3.63) is 12.2 Å². The number of rotatable bonds is 7. The van der Waals surface area contributed by atoms with Crippen LogP contribution in [-0.4, -0.2) is 29.9 Å². The third kappa shape index (κ3) is 4.15. The van der Waals surface area contributed by atoms with Crippen molar-refractivity contribution in [3.8, 4) is 0 Å². The molecule has 0 heterocycles. The minimum atomic E-state index is 0.606. The molecule has 1 saturated carbocycles. The van der Waals surface area contributed by atoms with Crippen LogP contribution in [0.2, 0.25) is 0 Å². The lowest BCUT2D eigenvalue weighted by atomic mass is 10.2. The maximum Gasteiger partial charge on any atom is 0.0443 e. The van der Waals surface area contributed by atoms with E-state index in [2.05, 4.69) is 18.4 Å². The van der Waals surface area contributed by atoms with Crippen LogP contribution in [0.15, 0.2) is 12.2 Å². The van der Waals surface area contributed by atoms with Crippen molar-refractivity contribution in [2.75, 3.05) is 19.0 Å². The second-order valence-electron chi connectivity index (χ2n) is 3.94. The molecule has 1 rings (SSSR count). The van der Waals surface area contributed by atoms with E-state index in [9.17, 15) is 0 Å². The Morgan fingerprint density at radius 3 is 2.69 bits per heavy atom. The maximum absolute atomic E-state index is 5.73. The molecule has 1 fully saturated rings. The van der Waals surface area contributed by atoms with Crippen molar-refractivity contribution < 1.29 is 0 Å². The number of unbranched alkanes of at least 4 members (excludes halogenated alkanes) is 1. The van der Waals surface area contributed by atoms with Crippen LogP contribution in [0.3, 0.4) is 0 Å². The highest BCUT2D eigenvalue weighted by Gasteiger charge is 2.28. The Hall–Kier alpha value is -0.0100. The first-order valence-electron chi connectivity index (χ1n) is 5.24. The third-order valence-corrected chi connectivity index (χ3v) is 2.86. The van der Waals surface area contributed by atoms with Crippen LogP contribution in [0.4, 0.5) is 0 Å². The largest absolute Gasteiger partial charge is 0.296 e.